The summed E-state index contributed by atoms with van der Waals surface area (Å²) < 4.78 is 24.5. The standard InChI is InChI=1S/C20H22ClFN2O4/c1-11-6-4-7-12(2)24(11)16(25)10-27-20(26)17-13(3)28-23-19(17)18-14(21)8-5-9-15(18)22/h5,8-9,11-12H,4,6-7,10H2,1-3H3/t11-,12-/m1/s1. The number of carbonyl (C=O) groups is 2. The van der Waals surface area contributed by atoms with E-state index in [1.807, 2.05) is 13.8 Å². The molecule has 0 radical (unpaired) electrons. The molecule has 0 spiro atoms. The van der Waals surface area contributed by atoms with Gasteiger partial charge < -0.3 is 14.2 Å². The van der Waals surface area contributed by atoms with Gasteiger partial charge in [-0.15, -0.1) is 0 Å². The van der Waals surface area contributed by atoms with Gasteiger partial charge in [0.2, 0.25) is 0 Å². The minimum atomic E-state index is -0.807. The third-order valence-corrected chi connectivity index (χ3v) is 5.39. The maximum Gasteiger partial charge on any atom is 0.344 e. The van der Waals surface area contributed by atoms with E-state index in [0.717, 1.165) is 19.3 Å². The monoisotopic (exact) mass is 408 g/mol. The van der Waals surface area contributed by atoms with Crippen molar-refractivity contribution in [3.8, 4) is 11.3 Å². The van der Waals surface area contributed by atoms with Gasteiger partial charge in [0.25, 0.3) is 5.91 Å². The fourth-order valence-electron chi connectivity index (χ4n) is 3.69. The van der Waals surface area contributed by atoms with Crippen molar-refractivity contribution >= 4 is 23.5 Å². The highest BCUT2D eigenvalue weighted by Gasteiger charge is 2.31. The Morgan fingerprint density at radius 1 is 1.32 bits per heavy atom. The van der Waals surface area contributed by atoms with E-state index in [1.165, 1.54) is 25.1 Å². The molecule has 1 aliphatic rings. The molecule has 0 unspecified atom stereocenters. The number of aryl methyl sites for hydroxylation is 1. The van der Waals surface area contributed by atoms with Crippen molar-refractivity contribution in [1.29, 1.82) is 0 Å². The number of aromatic nitrogens is 1. The highest BCUT2D eigenvalue weighted by molar-refractivity contribution is 6.33. The first kappa shape index (κ1) is 20.3. The van der Waals surface area contributed by atoms with Crippen LogP contribution in [0.3, 0.4) is 0 Å². The van der Waals surface area contributed by atoms with E-state index >= 15 is 0 Å². The second-order valence-corrected chi connectivity index (χ2v) is 7.47. The van der Waals surface area contributed by atoms with E-state index in [9.17, 15) is 14.0 Å². The number of hydrogen-bond donors (Lipinski definition) is 0. The van der Waals surface area contributed by atoms with Crippen LogP contribution in [0, 0.1) is 12.7 Å². The van der Waals surface area contributed by atoms with Crippen LogP contribution in [0.2, 0.25) is 5.02 Å². The van der Waals surface area contributed by atoms with Crippen molar-refractivity contribution in [2.75, 3.05) is 6.61 Å². The summed E-state index contributed by atoms with van der Waals surface area (Å²) in [4.78, 5) is 27.0. The molecule has 8 heteroatoms. The molecule has 28 heavy (non-hydrogen) atoms. The first-order valence-electron chi connectivity index (χ1n) is 9.20. The molecule has 2 atom stereocenters. The summed E-state index contributed by atoms with van der Waals surface area (Å²) in [5.41, 5.74) is -0.130. The highest BCUT2D eigenvalue weighted by Crippen LogP contribution is 2.33. The van der Waals surface area contributed by atoms with Crippen molar-refractivity contribution in [3.05, 3.63) is 40.4 Å². The fourth-order valence-corrected chi connectivity index (χ4v) is 3.95. The third-order valence-electron chi connectivity index (χ3n) is 5.07. The summed E-state index contributed by atoms with van der Waals surface area (Å²) in [6, 6.07) is 4.34. The SMILES string of the molecule is Cc1onc(-c2c(F)cccc2Cl)c1C(=O)OCC(=O)N1[C@H](C)CCC[C@H]1C. The third kappa shape index (κ3) is 3.90. The average molecular weight is 409 g/mol. The summed E-state index contributed by atoms with van der Waals surface area (Å²) in [6.45, 7) is 5.08. The van der Waals surface area contributed by atoms with Crippen LogP contribution in [-0.4, -0.2) is 40.6 Å². The molecular formula is C20H22ClFN2O4. The largest absolute Gasteiger partial charge is 0.452 e. The van der Waals surface area contributed by atoms with E-state index in [4.69, 9.17) is 20.9 Å². The number of nitrogens with zero attached hydrogens (tertiary/aromatic N) is 2. The molecule has 1 aliphatic heterocycles. The van der Waals surface area contributed by atoms with Gasteiger partial charge in [-0.25, -0.2) is 9.18 Å². The Morgan fingerprint density at radius 3 is 2.64 bits per heavy atom. The number of halogens is 2. The quantitative estimate of drug-likeness (QED) is 0.701. The summed E-state index contributed by atoms with van der Waals surface area (Å²) >= 11 is 6.08. The van der Waals surface area contributed by atoms with E-state index in [0.29, 0.717) is 0 Å². The topological polar surface area (TPSA) is 72.6 Å². The zero-order valence-corrected chi connectivity index (χ0v) is 16.8. The molecular weight excluding hydrogens is 387 g/mol. The first-order valence-corrected chi connectivity index (χ1v) is 9.58. The summed E-state index contributed by atoms with van der Waals surface area (Å²) in [6.07, 6.45) is 2.91. The van der Waals surface area contributed by atoms with Crippen LogP contribution in [0.25, 0.3) is 11.3 Å². The average Bonchev–Trinajstić information content (AvgIpc) is 3.00. The number of carbonyl (C=O) groups excluding carboxylic acids is 2. The number of hydrogen-bond acceptors (Lipinski definition) is 5. The van der Waals surface area contributed by atoms with Crippen molar-refractivity contribution in [2.45, 2.75) is 52.1 Å². The molecule has 1 aromatic carbocycles. The molecule has 1 fully saturated rings. The fraction of sp³-hybridized carbons (Fsp3) is 0.450. The second kappa shape index (κ2) is 8.31. The lowest BCUT2D eigenvalue weighted by atomic mass is 9.97. The highest BCUT2D eigenvalue weighted by atomic mass is 35.5. The van der Waals surface area contributed by atoms with Gasteiger partial charge in [-0.2, -0.15) is 0 Å². The van der Waals surface area contributed by atoms with Crippen LogP contribution in [0.4, 0.5) is 4.39 Å². The second-order valence-electron chi connectivity index (χ2n) is 7.07. The van der Waals surface area contributed by atoms with Gasteiger partial charge in [0.15, 0.2) is 6.61 Å². The Morgan fingerprint density at radius 2 is 2.00 bits per heavy atom. The molecule has 1 amide bonds. The lowest BCUT2D eigenvalue weighted by Gasteiger charge is -2.38. The lowest BCUT2D eigenvalue weighted by molar-refractivity contribution is -0.140. The molecule has 150 valence electrons. The maximum atomic E-state index is 14.3. The number of esters is 1. The molecule has 1 aromatic heterocycles. The van der Waals surface area contributed by atoms with Gasteiger partial charge in [0.1, 0.15) is 22.8 Å². The predicted molar refractivity (Wildman–Crippen MR) is 102 cm³/mol. The lowest BCUT2D eigenvalue weighted by Crippen LogP contribution is -2.49. The Hall–Kier alpha value is -2.41. The Bertz CT molecular complexity index is 868. The summed E-state index contributed by atoms with van der Waals surface area (Å²) in [5.74, 6) is -1.54. The molecule has 0 aliphatic carbocycles. The minimum Gasteiger partial charge on any atom is -0.452 e. The predicted octanol–water partition coefficient (Wildman–Crippen LogP) is 4.39. The normalized spacial score (nSPS) is 19.5. The van der Waals surface area contributed by atoms with Crippen molar-refractivity contribution in [3.63, 3.8) is 0 Å². The van der Waals surface area contributed by atoms with Crippen molar-refractivity contribution in [1.82, 2.24) is 10.1 Å². The van der Waals surface area contributed by atoms with Crippen LogP contribution in [0.15, 0.2) is 22.7 Å². The smallest absolute Gasteiger partial charge is 0.344 e. The first-order chi connectivity index (χ1) is 13.3. The zero-order valence-electron chi connectivity index (χ0n) is 16.0. The summed E-state index contributed by atoms with van der Waals surface area (Å²) in [7, 11) is 0. The van der Waals surface area contributed by atoms with Crippen molar-refractivity contribution < 1.29 is 23.2 Å². The van der Waals surface area contributed by atoms with E-state index in [1.54, 1.807) is 4.90 Å². The molecule has 0 N–H and O–H groups in total. The summed E-state index contributed by atoms with van der Waals surface area (Å²) in [5, 5.41) is 3.87. The van der Waals surface area contributed by atoms with Crippen LogP contribution < -0.4 is 0 Å². The number of benzene rings is 1. The van der Waals surface area contributed by atoms with Gasteiger partial charge in [0, 0.05) is 12.1 Å². The molecule has 2 aromatic rings. The van der Waals surface area contributed by atoms with Gasteiger partial charge in [-0.05, 0) is 52.2 Å². The van der Waals surface area contributed by atoms with Crippen molar-refractivity contribution in [2.24, 2.45) is 0 Å². The Labute approximate surface area is 167 Å². The Balaban J connectivity index is 1.79. The van der Waals surface area contributed by atoms with Crippen LogP contribution in [-0.2, 0) is 9.53 Å². The number of amides is 1. The van der Waals surface area contributed by atoms with E-state index in [2.05, 4.69) is 5.16 Å². The maximum absolute atomic E-state index is 14.3. The minimum absolute atomic E-state index is 0.0421. The molecule has 0 saturated carbocycles. The molecule has 1 saturated heterocycles. The van der Waals surface area contributed by atoms with Crippen LogP contribution >= 0.6 is 11.6 Å². The zero-order chi connectivity index (χ0) is 20.4. The van der Waals surface area contributed by atoms with Crippen LogP contribution in [0.5, 0.6) is 0 Å². The number of rotatable bonds is 4. The number of likely N-dealkylation sites (tertiary alicyclic amines) is 1. The van der Waals surface area contributed by atoms with Gasteiger partial charge in [-0.3, -0.25) is 4.79 Å². The number of ether oxygens (including phenoxy) is 1. The molecule has 6 nitrogen and oxygen atoms in total. The van der Waals surface area contributed by atoms with E-state index < -0.39 is 18.4 Å². The van der Waals surface area contributed by atoms with Gasteiger partial charge >= 0.3 is 5.97 Å². The molecule has 2 heterocycles. The van der Waals surface area contributed by atoms with Crippen LogP contribution in [0.1, 0.15) is 49.2 Å². The van der Waals surface area contributed by atoms with Gasteiger partial charge in [0.05, 0.1) is 10.6 Å². The Kier molecular flexibility index (Phi) is 6.03. The molecule has 0 bridgehead atoms. The van der Waals surface area contributed by atoms with Gasteiger partial charge in [-0.1, -0.05) is 22.8 Å². The number of piperidine rings is 1. The molecule has 3 rings (SSSR count). The van der Waals surface area contributed by atoms with E-state index in [-0.39, 0.29) is 45.6 Å².